The van der Waals surface area contributed by atoms with E-state index in [1.165, 1.54) is 38.5 Å². The summed E-state index contributed by atoms with van der Waals surface area (Å²) in [7, 11) is 0. The first-order chi connectivity index (χ1) is 20.8. The van der Waals surface area contributed by atoms with Gasteiger partial charge in [-0.05, 0) is 12.8 Å². The lowest BCUT2D eigenvalue weighted by atomic mass is 10.0. The van der Waals surface area contributed by atoms with Crippen molar-refractivity contribution >= 4 is 0 Å². The molecule has 254 valence electrons. The van der Waals surface area contributed by atoms with E-state index < -0.39 is 0 Å². The Bertz CT molecular complexity index is 464. The number of hydrogen-bond acceptors (Lipinski definition) is 11. The van der Waals surface area contributed by atoms with Crippen molar-refractivity contribution in [2.45, 2.75) is 71.3 Å². The van der Waals surface area contributed by atoms with Gasteiger partial charge in [0, 0.05) is 0 Å². The van der Waals surface area contributed by atoms with E-state index in [9.17, 15) is 0 Å². The van der Waals surface area contributed by atoms with Crippen LogP contribution in [-0.4, -0.2) is 143 Å². The average Bonchev–Trinajstić information content (AvgIpc) is 3.00. The van der Waals surface area contributed by atoms with E-state index in [1.54, 1.807) is 0 Å². The van der Waals surface area contributed by atoms with Gasteiger partial charge in [-0.3, -0.25) is 0 Å². The molecule has 11 nitrogen and oxygen atoms in total. The normalized spacial score (nSPS) is 11.7. The van der Waals surface area contributed by atoms with Crippen LogP contribution in [0.2, 0.25) is 0 Å². The van der Waals surface area contributed by atoms with Crippen LogP contribution in [0.5, 0.6) is 0 Å². The Morgan fingerprint density at radius 2 is 0.619 bits per heavy atom. The Hall–Kier alpha value is -0.440. The van der Waals surface area contributed by atoms with E-state index >= 15 is 0 Å². The van der Waals surface area contributed by atoms with Gasteiger partial charge in [-0.2, -0.15) is 0 Å². The van der Waals surface area contributed by atoms with Gasteiger partial charge in [0.2, 0.25) is 0 Å². The zero-order valence-corrected chi connectivity index (χ0v) is 26.9. The molecule has 0 aliphatic rings. The standard InChI is InChI=1S/C31H64O11/c1-3-5-7-9-31(10-8-6-4-2)42-30-29-41-28-27-40-26-25-39-24-23-38-22-21-37-20-19-36-18-17-35-16-15-34-14-13-33-12-11-32/h31-32H,3-30H2,1-2H3. The van der Waals surface area contributed by atoms with E-state index in [0.717, 1.165) is 12.8 Å². The van der Waals surface area contributed by atoms with E-state index in [4.69, 9.17) is 52.5 Å². The number of aliphatic hydroxyl groups is 1. The van der Waals surface area contributed by atoms with Gasteiger partial charge in [0.25, 0.3) is 0 Å². The Kier molecular flexibility index (Phi) is 38.2. The Balaban J connectivity index is 3.22. The number of rotatable bonds is 38. The van der Waals surface area contributed by atoms with Crippen LogP contribution in [0.25, 0.3) is 0 Å². The topological polar surface area (TPSA) is 113 Å². The smallest absolute Gasteiger partial charge is 0.0704 e. The second-order valence-electron chi connectivity index (χ2n) is 9.72. The lowest BCUT2D eigenvalue weighted by molar-refractivity contribution is -0.0314. The molecule has 42 heavy (non-hydrogen) atoms. The largest absolute Gasteiger partial charge is 0.394 e. The molecule has 0 rings (SSSR count). The number of unbranched alkanes of at least 4 members (excludes halogenated alkanes) is 4. The first-order valence-electron chi connectivity index (χ1n) is 16.3. The van der Waals surface area contributed by atoms with Crippen LogP contribution in [0, 0.1) is 0 Å². The highest BCUT2D eigenvalue weighted by Gasteiger charge is 2.08. The molecule has 0 amide bonds. The van der Waals surface area contributed by atoms with E-state index in [0.29, 0.717) is 132 Å². The van der Waals surface area contributed by atoms with Crippen LogP contribution >= 0.6 is 0 Å². The van der Waals surface area contributed by atoms with Gasteiger partial charge >= 0.3 is 0 Å². The van der Waals surface area contributed by atoms with Crippen LogP contribution < -0.4 is 0 Å². The fraction of sp³-hybridized carbons (Fsp3) is 1.00. The minimum Gasteiger partial charge on any atom is -0.394 e. The molecular formula is C31H64O11. The van der Waals surface area contributed by atoms with Crippen LogP contribution in [0.4, 0.5) is 0 Å². The van der Waals surface area contributed by atoms with Gasteiger partial charge in [-0.25, -0.2) is 0 Å². The predicted octanol–water partition coefficient (Wildman–Crippen LogP) is 3.67. The first-order valence-corrected chi connectivity index (χ1v) is 16.3. The summed E-state index contributed by atoms with van der Waals surface area (Å²) in [5, 5.41) is 8.58. The summed E-state index contributed by atoms with van der Waals surface area (Å²) in [5.41, 5.74) is 0. The lowest BCUT2D eigenvalue weighted by Gasteiger charge is -2.18. The third-order valence-electron chi connectivity index (χ3n) is 6.05. The molecule has 0 spiro atoms. The van der Waals surface area contributed by atoms with Crippen LogP contribution in [-0.2, 0) is 47.4 Å². The van der Waals surface area contributed by atoms with Crippen LogP contribution in [0.15, 0.2) is 0 Å². The molecule has 0 bridgehead atoms. The second-order valence-corrected chi connectivity index (χ2v) is 9.72. The maximum absolute atomic E-state index is 8.58. The molecule has 0 atom stereocenters. The summed E-state index contributed by atoms with van der Waals surface area (Å²) >= 11 is 0. The molecule has 0 aromatic carbocycles. The maximum atomic E-state index is 8.58. The molecule has 0 radical (unpaired) electrons. The highest BCUT2D eigenvalue weighted by Crippen LogP contribution is 2.14. The van der Waals surface area contributed by atoms with Crippen molar-refractivity contribution in [2.24, 2.45) is 0 Å². The summed E-state index contributed by atoms with van der Waals surface area (Å²) in [6.07, 6.45) is 10.3. The molecular weight excluding hydrogens is 548 g/mol. The Labute approximate surface area is 256 Å². The van der Waals surface area contributed by atoms with E-state index in [1.807, 2.05) is 0 Å². The Morgan fingerprint density at radius 3 is 0.881 bits per heavy atom. The zero-order chi connectivity index (χ0) is 30.4. The fourth-order valence-electron chi connectivity index (χ4n) is 3.75. The van der Waals surface area contributed by atoms with Gasteiger partial charge in [-0.1, -0.05) is 52.4 Å². The summed E-state index contributed by atoms with van der Waals surface area (Å²) in [6, 6.07) is 0. The lowest BCUT2D eigenvalue weighted by Crippen LogP contribution is -2.18. The Morgan fingerprint density at radius 1 is 0.357 bits per heavy atom. The molecule has 0 unspecified atom stereocenters. The number of hydrogen-bond donors (Lipinski definition) is 1. The van der Waals surface area contributed by atoms with Crippen LogP contribution in [0.1, 0.15) is 65.2 Å². The maximum Gasteiger partial charge on any atom is 0.0704 e. The summed E-state index contributed by atoms with van der Waals surface area (Å²) in [5.74, 6) is 0. The van der Waals surface area contributed by atoms with Gasteiger partial charge in [0.15, 0.2) is 0 Å². The summed E-state index contributed by atoms with van der Waals surface area (Å²) in [4.78, 5) is 0. The third kappa shape index (κ3) is 35.8. The molecule has 0 heterocycles. The molecule has 0 aliphatic carbocycles. The quantitative estimate of drug-likeness (QED) is 0.103. The van der Waals surface area contributed by atoms with Crippen molar-refractivity contribution in [3.63, 3.8) is 0 Å². The summed E-state index contributed by atoms with van der Waals surface area (Å²) in [6.45, 7) is 14.5. The third-order valence-corrected chi connectivity index (χ3v) is 6.05. The molecule has 0 fully saturated rings. The molecule has 0 aromatic heterocycles. The van der Waals surface area contributed by atoms with Gasteiger partial charge < -0.3 is 52.5 Å². The molecule has 0 saturated heterocycles. The number of aliphatic hydroxyl groups excluding tert-OH is 1. The first kappa shape index (κ1) is 41.6. The second kappa shape index (κ2) is 38.6. The van der Waals surface area contributed by atoms with Crippen molar-refractivity contribution in [1.29, 1.82) is 0 Å². The van der Waals surface area contributed by atoms with Gasteiger partial charge in [-0.15, -0.1) is 0 Å². The molecule has 0 saturated carbocycles. The van der Waals surface area contributed by atoms with Crippen molar-refractivity contribution in [3.8, 4) is 0 Å². The fourth-order valence-corrected chi connectivity index (χ4v) is 3.75. The highest BCUT2D eigenvalue weighted by atomic mass is 16.6. The van der Waals surface area contributed by atoms with Crippen molar-refractivity contribution < 1.29 is 52.5 Å². The van der Waals surface area contributed by atoms with Crippen molar-refractivity contribution in [2.75, 3.05) is 132 Å². The minimum absolute atomic E-state index is 0.0300. The highest BCUT2D eigenvalue weighted by molar-refractivity contribution is 4.59. The molecule has 0 aromatic rings. The van der Waals surface area contributed by atoms with E-state index in [-0.39, 0.29) is 6.61 Å². The number of ether oxygens (including phenoxy) is 10. The van der Waals surface area contributed by atoms with E-state index in [2.05, 4.69) is 13.8 Å². The SMILES string of the molecule is CCCCCC(CCCCC)OCCOCCOCCOCCOCCOCCOCCOCCOCCOCCO. The monoisotopic (exact) mass is 612 g/mol. The predicted molar refractivity (Wildman–Crippen MR) is 162 cm³/mol. The minimum atomic E-state index is 0.0300. The molecule has 0 aliphatic heterocycles. The van der Waals surface area contributed by atoms with Crippen molar-refractivity contribution in [1.82, 2.24) is 0 Å². The van der Waals surface area contributed by atoms with Gasteiger partial charge in [0.05, 0.1) is 138 Å². The molecule has 1 N–H and O–H groups in total. The average molecular weight is 613 g/mol. The van der Waals surface area contributed by atoms with Gasteiger partial charge in [0.1, 0.15) is 0 Å². The van der Waals surface area contributed by atoms with Crippen LogP contribution in [0.3, 0.4) is 0 Å². The zero-order valence-electron chi connectivity index (χ0n) is 26.9. The van der Waals surface area contributed by atoms with Crippen molar-refractivity contribution in [3.05, 3.63) is 0 Å². The summed E-state index contributed by atoms with van der Waals surface area (Å²) < 4.78 is 55.0. The molecule has 11 heteroatoms.